The smallest absolute Gasteiger partial charge is 0.278 e. The number of carbonyl (C=O) groups is 2. The average molecular weight is 428 g/mol. The first-order valence-electron chi connectivity index (χ1n) is 9.71. The number of benzene rings is 1. The number of furan rings is 1. The Morgan fingerprint density at radius 3 is 2.73 bits per heavy atom. The number of hydrogen-bond acceptors (Lipinski definition) is 6. The first-order chi connectivity index (χ1) is 14.5. The zero-order valence-electron chi connectivity index (χ0n) is 17.3. The maximum atomic E-state index is 13.0. The highest BCUT2D eigenvalue weighted by Crippen LogP contribution is 2.26. The van der Waals surface area contributed by atoms with E-state index < -0.39 is 0 Å². The summed E-state index contributed by atoms with van der Waals surface area (Å²) >= 11 is 1.24. The summed E-state index contributed by atoms with van der Waals surface area (Å²) in [5.74, 6) is 1.25. The number of rotatable bonds is 8. The van der Waals surface area contributed by atoms with Crippen molar-refractivity contribution in [2.45, 2.75) is 32.9 Å². The van der Waals surface area contributed by atoms with E-state index in [1.165, 1.54) is 16.7 Å². The average Bonchev–Trinajstić information content (AvgIpc) is 3.36. The lowest BCUT2D eigenvalue weighted by Crippen LogP contribution is -2.35. The van der Waals surface area contributed by atoms with Gasteiger partial charge in [0.2, 0.25) is 5.91 Å². The van der Waals surface area contributed by atoms with Crippen molar-refractivity contribution in [1.82, 2.24) is 10.2 Å². The first kappa shape index (κ1) is 21.7. The largest absolute Gasteiger partial charge is 0.497 e. The minimum Gasteiger partial charge on any atom is -0.497 e. The molecule has 0 spiro atoms. The van der Waals surface area contributed by atoms with Gasteiger partial charge in [-0.1, -0.05) is 30.8 Å². The molecule has 8 heteroatoms. The van der Waals surface area contributed by atoms with Crippen LogP contribution in [0.4, 0.5) is 0 Å². The summed E-state index contributed by atoms with van der Waals surface area (Å²) in [4.78, 5) is 31.2. The van der Waals surface area contributed by atoms with E-state index in [-0.39, 0.29) is 30.2 Å². The molecule has 158 valence electrons. The molecular formula is C22H25N3O4S. The molecule has 0 saturated carbocycles. The maximum absolute atomic E-state index is 13.0. The second kappa shape index (κ2) is 10.2. The van der Waals surface area contributed by atoms with Crippen LogP contribution in [0.3, 0.4) is 0 Å². The van der Waals surface area contributed by atoms with E-state index in [0.29, 0.717) is 16.6 Å². The zero-order chi connectivity index (χ0) is 21.5. The van der Waals surface area contributed by atoms with E-state index >= 15 is 0 Å². The number of hydrogen-bond donors (Lipinski definition) is 1. The van der Waals surface area contributed by atoms with Gasteiger partial charge < -0.3 is 14.5 Å². The molecule has 0 fully saturated rings. The Balaban J connectivity index is 1.78. The molecule has 2 heterocycles. The van der Waals surface area contributed by atoms with Crippen molar-refractivity contribution < 1.29 is 18.7 Å². The second-order valence-corrected chi connectivity index (χ2v) is 7.78. The number of carbonyl (C=O) groups excluding carboxylic acids is 2. The monoisotopic (exact) mass is 427 g/mol. The van der Waals surface area contributed by atoms with Crippen molar-refractivity contribution in [3.05, 3.63) is 59.7 Å². The van der Waals surface area contributed by atoms with E-state index in [4.69, 9.17) is 9.15 Å². The molecule has 3 rings (SSSR count). The zero-order valence-corrected chi connectivity index (χ0v) is 18.1. The van der Waals surface area contributed by atoms with Gasteiger partial charge in [-0.05, 0) is 49.2 Å². The summed E-state index contributed by atoms with van der Waals surface area (Å²) in [6.45, 7) is 4.22. The van der Waals surface area contributed by atoms with Gasteiger partial charge in [-0.25, -0.2) is 4.99 Å². The van der Waals surface area contributed by atoms with E-state index in [0.717, 1.165) is 17.7 Å². The Morgan fingerprint density at radius 1 is 1.33 bits per heavy atom. The SMILES string of the molecule is CC[C@H](C)NC(=O)CSC1=N/C(=C/c2ccc(OC)cc2)C(=O)N1Cc1ccco1. The molecule has 1 aliphatic rings. The lowest BCUT2D eigenvalue weighted by atomic mass is 10.2. The van der Waals surface area contributed by atoms with Crippen molar-refractivity contribution in [3.8, 4) is 5.75 Å². The Bertz CT molecular complexity index is 936. The Hall–Kier alpha value is -3.00. The van der Waals surface area contributed by atoms with Crippen LogP contribution in [0.5, 0.6) is 5.75 Å². The summed E-state index contributed by atoms with van der Waals surface area (Å²) in [7, 11) is 1.60. The molecule has 0 unspecified atom stereocenters. The number of amidine groups is 1. The van der Waals surface area contributed by atoms with Crippen LogP contribution in [-0.2, 0) is 16.1 Å². The van der Waals surface area contributed by atoms with Crippen molar-refractivity contribution in [2.75, 3.05) is 12.9 Å². The molecule has 2 aromatic rings. The van der Waals surface area contributed by atoms with Crippen LogP contribution in [0.25, 0.3) is 6.08 Å². The quantitative estimate of drug-likeness (QED) is 0.650. The number of aliphatic imine (C=N–C) groups is 1. The summed E-state index contributed by atoms with van der Waals surface area (Å²) in [6, 6.07) is 11.0. The summed E-state index contributed by atoms with van der Waals surface area (Å²) in [5, 5.41) is 3.41. The van der Waals surface area contributed by atoms with Gasteiger partial charge >= 0.3 is 0 Å². The second-order valence-electron chi connectivity index (χ2n) is 6.83. The molecule has 1 aliphatic heterocycles. The third-order valence-corrected chi connectivity index (χ3v) is 5.55. The van der Waals surface area contributed by atoms with Crippen LogP contribution in [0.15, 0.2) is 57.8 Å². The lowest BCUT2D eigenvalue weighted by Gasteiger charge is -2.16. The van der Waals surface area contributed by atoms with Crippen molar-refractivity contribution in [1.29, 1.82) is 0 Å². The number of nitrogens with zero attached hydrogens (tertiary/aromatic N) is 2. The van der Waals surface area contributed by atoms with Crippen molar-refractivity contribution in [3.63, 3.8) is 0 Å². The molecule has 0 bridgehead atoms. The van der Waals surface area contributed by atoms with E-state index in [9.17, 15) is 9.59 Å². The molecule has 1 aromatic carbocycles. The lowest BCUT2D eigenvalue weighted by molar-refractivity contribution is -0.123. The number of ether oxygens (including phenoxy) is 1. The first-order valence-corrected chi connectivity index (χ1v) is 10.7. The fourth-order valence-corrected chi connectivity index (χ4v) is 3.55. The number of methoxy groups -OCH3 is 1. The summed E-state index contributed by atoms with van der Waals surface area (Å²) < 4.78 is 10.6. The summed E-state index contributed by atoms with van der Waals surface area (Å²) in [6.07, 6.45) is 4.15. The van der Waals surface area contributed by atoms with Gasteiger partial charge in [0.25, 0.3) is 5.91 Å². The third kappa shape index (κ3) is 5.54. The molecule has 30 heavy (non-hydrogen) atoms. The Labute approximate surface area is 180 Å². The van der Waals surface area contributed by atoms with Crippen molar-refractivity contribution in [2.24, 2.45) is 4.99 Å². The molecule has 0 radical (unpaired) electrons. The molecular weight excluding hydrogens is 402 g/mol. The van der Waals surface area contributed by atoms with Gasteiger partial charge in [-0.2, -0.15) is 0 Å². The van der Waals surface area contributed by atoms with Crippen molar-refractivity contribution >= 4 is 34.8 Å². The van der Waals surface area contributed by atoms with Gasteiger partial charge in [0.05, 0.1) is 25.7 Å². The number of nitrogens with one attached hydrogen (secondary N) is 1. The van der Waals surface area contributed by atoms with Crippen LogP contribution in [0, 0.1) is 0 Å². The molecule has 1 aromatic heterocycles. The van der Waals surface area contributed by atoms with E-state index in [2.05, 4.69) is 10.3 Å². The highest BCUT2D eigenvalue weighted by atomic mass is 32.2. The maximum Gasteiger partial charge on any atom is 0.278 e. The van der Waals surface area contributed by atoms with E-state index in [1.807, 2.05) is 38.1 Å². The molecule has 0 saturated heterocycles. The number of amides is 2. The minimum absolute atomic E-state index is 0.0879. The van der Waals surface area contributed by atoms with Gasteiger partial charge in [0, 0.05) is 6.04 Å². The Morgan fingerprint density at radius 2 is 2.10 bits per heavy atom. The standard InChI is InChI=1S/C22H25N3O4S/c1-4-15(2)23-20(26)14-30-22-24-19(12-16-7-9-17(28-3)10-8-16)21(27)25(22)13-18-6-5-11-29-18/h5-12,15H,4,13-14H2,1-3H3,(H,23,26)/b19-12+/t15-/m0/s1. The molecule has 7 nitrogen and oxygen atoms in total. The molecule has 1 atom stereocenters. The van der Waals surface area contributed by atoms with Crippen LogP contribution < -0.4 is 10.1 Å². The van der Waals surface area contributed by atoms with Gasteiger partial charge in [-0.15, -0.1) is 0 Å². The predicted octanol–water partition coefficient (Wildman–Crippen LogP) is 3.68. The highest BCUT2D eigenvalue weighted by Gasteiger charge is 2.31. The fourth-order valence-electron chi connectivity index (χ4n) is 2.75. The van der Waals surface area contributed by atoms with Gasteiger partial charge in [0.1, 0.15) is 17.2 Å². The summed E-state index contributed by atoms with van der Waals surface area (Å²) in [5.41, 5.74) is 1.15. The normalized spacial score (nSPS) is 16.0. The highest BCUT2D eigenvalue weighted by molar-refractivity contribution is 8.14. The molecule has 2 amide bonds. The van der Waals surface area contributed by atoms with Gasteiger partial charge in [0.15, 0.2) is 5.17 Å². The molecule has 1 N–H and O–H groups in total. The van der Waals surface area contributed by atoms with E-state index in [1.54, 1.807) is 31.6 Å². The van der Waals surface area contributed by atoms with Crippen LogP contribution in [0.2, 0.25) is 0 Å². The Kier molecular flexibility index (Phi) is 7.35. The fraction of sp³-hybridized carbons (Fsp3) is 0.318. The topological polar surface area (TPSA) is 84.1 Å². The predicted molar refractivity (Wildman–Crippen MR) is 118 cm³/mol. The van der Waals surface area contributed by atoms with Crippen LogP contribution in [-0.4, -0.2) is 40.8 Å². The number of thioether (sulfide) groups is 1. The van der Waals surface area contributed by atoms with Crippen LogP contribution >= 0.6 is 11.8 Å². The van der Waals surface area contributed by atoms with Crippen LogP contribution in [0.1, 0.15) is 31.6 Å². The minimum atomic E-state index is -0.230. The third-order valence-electron chi connectivity index (χ3n) is 4.58. The van der Waals surface area contributed by atoms with Gasteiger partial charge in [-0.3, -0.25) is 14.5 Å². The molecule has 0 aliphatic carbocycles.